The van der Waals surface area contributed by atoms with E-state index in [2.05, 4.69) is 44.1 Å². The van der Waals surface area contributed by atoms with E-state index in [-0.39, 0.29) is 16.9 Å². The highest BCUT2D eigenvalue weighted by atomic mass is 79.9. The average Bonchev–Trinajstić information content (AvgIpc) is 2.12. The van der Waals surface area contributed by atoms with Crippen LogP contribution in [0.3, 0.4) is 0 Å². The Kier molecular flexibility index (Phi) is 5.67. The van der Waals surface area contributed by atoms with E-state index in [1.165, 1.54) is 0 Å². The van der Waals surface area contributed by atoms with Crippen molar-refractivity contribution in [1.82, 2.24) is 5.32 Å². The molecule has 0 fully saturated rings. The summed E-state index contributed by atoms with van der Waals surface area (Å²) in [5.41, 5.74) is -0.491. The van der Waals surface area contributed by atoms with Gasteiger partial charge in [0.2, 0.25) is 5.91 Å². The Hall–Kier alpha value is 0.430. The predicted octanol–water partition coefficient (Wildman–Crippen LogP) is 3.09. The van der Waals surface area contributed by atoms with Crippen molar-refractivity contribution in [3.8, 4) is 0 Å². The van der Waals surface area contributed by atoms with Gasteiger partial charge < -0.3 is 5.32 Å². The molecule has 0 unspecified atom stereocenters. The molecule has 0 aromatic heterocycles. The summed E-state index contributed by atoms with van der Waals surface area (Å²) >= 11 is 6.89. The molecule has 84 valence electrons. The molecule has 0 radical (unpaired) electrons. The fraction of sp³-hybridized carbons (Fsp3) is 0.900. The molecule has 0 bridgehead atoms. The van der Waals surface area contributed by atoms with Crippen molar-refractivity contribution in [2.75, 3.05) is 10.7 Å². The molecular formula is C10H19Br2NO. The first-order valence-electron chi connectivity index (χ1n) is 4.76. The molecule has 1 amide bonds. The van der Waals surface area contributed by atoms with Crippen molar-refractivity contribution in [3.05, 3.63) is 0 Å². The van der Waals surface area contributed by atoms with Gasteiger partial charge in [-0.05, 0) is 6.42 Å². The van der Waals surface area contributed by atoms with Crippen molar-refractivity contribution in [1.29, 1.82) is 0 Å². The van der Waals surface area contributed by atoms with Crippen LogP contribution in [-0.2, 0) is 4.79 Å². The average molecular weight is 329 g/mol. The summed E-state index contributed by atoms with van der Waals surface area (Å²) in [5, 5.41) is 4.62. The normalized spacial score (nSPS) is 12.7. The first-order chi connectivity index (χ1) is 6.31. The second-order valence-electron chi connectivity index (χ2n) is 4.61. The Morgan fingerprint density at radius 2 is 1.64 bits per heavy atom. The number of hydrogen-bond acceptors (Lipinski definition) is 1. The van der Waals surface area contributed by atoms with Gasteiger partial charge in [0.1, 0.15) is 0 Å². The van der Waals surface area contributed by atoms with E-state index in [0.29, 0.717) is 0 Å². The van der Waals surface area contributed by atoms with E-state index in [1.807, 2.05) is 20.8 Å². The molecule has 0 aliphatic carbocycles. The molecule has 0 aromatic rings. The molecule has 14 heavy (non-hydrogen) atoms. The minimum Gasteiger partial charge on any atom is -0.349 e. The monoisotopic (exact) mass is 327 g/mol. The Balaban J connectivity index is 4.54. The molecular weight excluding hydrogens is 310 g/mol. The number of carbonyl (C=O) groups is 1. The summed E-state index contributed by atoms with van der Waals surface area (Å²) < 4.78 is 0. The number of carbonyl (C=O) groups excluding carboxylic acids is 1. The van der Waals surface area contributed by atoms with Crippen LogP contribution >= 0.6 is 31.9 Å². The summed E-state index contributed by atoms with van der Waals surface area (Å²) in [6, 6.07) is 0. The van der Waals surface area contributed by atoms with Crippen LogP contribution in [0.5, 0.6) is 0 Å². The number of halogens is 2. The van der Waals surface area contributed by atoms with Crippen molar-refractivity contribution >= 4 is 37.8 Å². The standard InChI is InChI=1S/C10H19Br2NO/c1-5-10(6-11,7-12)13-8(14)9(2,3)4/h5-7H2,1-4H3,(H,13,14). The van der Waals surface area contributed by atoms with Crippen molar-refractivity contribution in [2.45, 2.75) is 39.7 Å². The maximum atomic E-state index is 11.8. The summed E-state index contributed by atoms with van der Waals surface area (Å²) in [6.07, 6.45) is 0.908. The molecule has 0 saturated carbocycles. The lowest BCUT2D eigenvalue weighted by Crippen LogP contribution is -2.54. The largest absolute Gasteiger partial charge is 0.349 e. The van der Waals surface area contributed by atoms with Gasteiger partial charge in [0.15, 0.2) is 0 Å². The number of nitrogens with one attached hydrogen (secondary N) is 1. The van der Waals surface area contributed by atoms with E-state index in [9.17, 15) is 4.79 Å². The van der Waals surface area contributed by atoms with Gasteiger partial charge >= 0.3 is 0 Å². The molecule has 0 heterocycles. The Bertz CT molecular complexity index is 187. The molecule has 0 saturated heterocycles. The van der Waals surface area contributed by atoms with E-state index < -0.39 is 0 Å². The molecule has 4 heteroatoms. The summed E-state index contributed by atoms with van der Waals surface area (Å²) in [7, 11) is 0. The molecule has 0 spiro atoms. The molecule has 2 nitrogen and oxygen atoms in total. The van der Waals surface area contributed by atoms with Gasteiger partial charge in [-0.25, -0.2) is 0 Å². The first-order valence-corrected chi connectivity index (χ1v) is 7.00. The quantitative estimate of drug-likeness (QED) is 0.789. The third kappa shape index (κ3) is 3.89. The number of amides is 1. The van der Waals surface area contributed by atoms with Gasteiger partial charge in [-0.2, -0.15) is 0 Å². The highest BCUT2D eigenvalue weighted by Crippen LogP contribution is 2.21. The van der Waals surface area contributed by atoms with Crippen LogP contribution in [0, 0.1) is 5.41 Å². The van der Waals surface area contributed by atoms with Gasteiger partial charge in [0.25, 0.3) is 0 Å². The lowest BCUT2D eigenvalue weighted by Gasteiger charge is -2.33. The molecule has 0 aromatic carbocycles. The minimum atomic E-state index is -0.329. The topological polar surface area (TPSA) is 29.1 Å². The third-order valence-electron chi connectivity index (χ3n) is 2.25. The number of rotatable bonds is 4. The van der Waals surface area contributed by atoms with Gasteiger partial charge in [0, 0.05) is 16.1 Å². The Labute approximate surface area is 103 Å². The maximum Gasteiger partial charge on any atom is 0.225 e. The smallest absolute Gasteiger partial charge is 0.225 e. The van der Waals surface area contributed by atoms with Gasteiger partial charge in [-0.3, -0.25) is 4.79 Å². The molecule has 0 aliphatic rings. The van der Waals surface area contributed by atoms with Crippen LogP contribution in [0.4, 0.5) is 0 Å². The van der Waals surface area contributed by atoms with E-state index in [4.69, 9.17) is 0 Å². The predicted molar refractivity (Wildman–Crippen MR) is 68.2 cm³/mol. The molecule has 1 N–H and O–H groups in total. The highest BCUT2D eigenvalue weighted by molar-refractivity contribution is 9.09. The lowest BCUT2D eigenvalue weighted by molar-refractivity contribution is -0.130. The van der Waals surface area contributed by atoms with Crippen LogP contribution in [0.15, 0.2) is 0 Å². The zero-order chi connectivity index (χ0) is 11.4. The Morgan fingerprint density at radius 1 is 1.21 bits per heavy atom. The first kappa shape index (κ1) is 14.4. The summed E-state index contributed by atoms with van der Waals surface area (Å²) in [4.78, 5) is 11.8. The zero-order valence-electron chi connectivity index (χ0n) is 9.29. The SMILES string of the molecule is CCC(CBr)(CBr)NC(=O)C(C)(C)C. The van der Waals surface area contributed by atoms with Crippen LogP contribution in [0.2, 0.25) is 0 Å². The Morgan fingerprint density at radius 3 is 1.86 bits per heavy atom. The minimum absolute atomic E-state index is 0.0956. The second kappa shape index (κ2) is 5.50. The van der Waals surface area contributed by atoms with Crippen LogP contribution in [-0.4, -0.2) is 22.1 Å². The molecule has 0 rings (SSSR count). The fourth-order valence-electron chi connectivity index (χ4n) is 0.808. The number of alkyl halides is 2. The summed E-state index contributed by atoms with van der Waals surface area (Å²) in [6.45, 7) is 7.84. The van der Waals surface area contributed by atoms with Gasteiger partial charge in [0.05, 0.1) is 5.54 Å². The van der Waals surface area contributed by atoms with Crippen LogP contribution in [0.1, 0.15) is 34.1 Å². The fourth-order valence-corrected chi connectivity index (χ4v) is 2.81. The highest BCUT2D eigenvalue weighted by Gasteiger charge is 2.32. The van der Waals surface area contributed by atoms with Crippen molar-refractivity contribution in [2.24, 2.45) is 5.41 Å². The van der Waals surface area contributed by atoms with E-state index in [0.717, 1.165) is 17.1 Å². The van der Waals surface area contributed by atoms with E-state index >= 15 is 0 Å². The molecule has 0 atom stereocenters. The number of hydrogen-bond donors (Lipinski definition) is 1. The summed E-state index contributed by atoms with van der Waals surface area (Å²) in [5.74, 6) is 0.0956. The lowest BCUT2D eigenvalue weighted by atomic mass is 9.92. The van der Waals surface area contributed by atoms with Crippen molar-refractivity contribution in [3.63, 3.8) is 0 Å². The second-order valence-corrected chi connectivity index (χ2v) is 5.73. The maximum absolute atomic E-state index is 11.8. The van der Waals surface area contributed by atoms with Crippen LogP contribution < -0.4 is 5.32 Å². The van der Waals surface area contributed by atoms with Gasteiger partial charge in [-0.15, -0.1) is 0 Å². The van der Waals surface area contributed by atoms with Crippen LogP contribution in [0.25, 0.3) is 0 Å². The van der Waals surface area contributed by atoms with Crippen molar-refractivity contribution < 1.29 is 4.79 Å². The van der Waals surface area contributed by atoms with Gasteiger partial charge in [-0.1, -0.05) is 59.6 Å². The zero-order valence-corrected chi connectivity index (χ0v) is 12.5. The third-order valence-corrected chi connectivity index (χ3v) is 4.39. The molecule has 0 aliphatic heterocycles. The van der Waals surface area contributed by atoms with E-state index in [1.54, 1.807) is 0 Å².